The van der Waals surface area contributed by atoms with E-state index in [1.54, 1.807) is 11.3 Å². The Hall–Kier alpha value is -1.08. The number of carbonyl (C=O) groups excluding carboxylic acids is 1. The molecule has 136 valence electrons. The molecule has 3 rings (SSSR count). The minimum absolute atomic E-state index is 0. The summed E-state index contributed by atoms with van der Waals surface area (Å²) in [4.78, 5) is 18.1. The van der Waals surface area contributed by atoms with Crippen LogP contribution in [0, 0.1) is 6.92 Å². The molecule has 0 bridgehead atoms. The number of thiazole rings is 1. The van der Waals surface area contributed by atoms with E-state index < -0.39 is 0 Å². The number of thioether (sulfide) groups is 1. The lowest BCUT2D eigenvalue weighted by molar-refractivity contribution is -0.122. The molecule has 0 aliphatic carbocycles. The molecular weight excluding hydrogens is 374 g/mol. The Morgan fingerprint density at radius 3 is 2.84 bits per heavy atom. The first-order valence-electron chi connectivity index (χ1n) is 8.26. The molecule has 1 saturated heterocycles. The summed E-state index contributed by atoms with van der Waals surface area (Å²) in [6.45, 7) is 5.04. The maximum Gasteiger partial charge on any atom is 0.222 e. The minimum atomic E-state index is -0.0105. The Morgan fingerprint density at radius 1 is 1.40 bits per heavy atom. The van der Waals surface area contributed by atoms with Gasteiger partial charge in [-0.05, 0) is 13.8 Å². The molecule has 2 unspecified atom stereocenters. The van der Waals surface area contributed by atoms with Gasteiger partial charge in [-0.25, -0.2) is 4.98 Å². The van der Waals surface area contributed by atoms with Gasteiger partial charge in [0.05, 0.1) is 16.6 Å². The van der Waals surface area contributed by atoms with Crippen LogP contribution in [0.2, 0.25) is 0 Å². The largest absolute Gasteiger partial charge is 0.349 e. The zero-order chi connectivity index (χ0) is 16.9. The number of amides is 1. The van der Waals surface area contributed by atoms with Crippen LogP contribution in [-0.2, 0) is 4.79 Å². The number of halogens is 1. The third kappa shape index (κ3) is 5.45. The van der Waals surface area contributed by atoms with E-state index in [0.29, 0.717) is 12.5 Å². The second-order valence-electron chi connectivity index (χ2n) is 6.05. The molecule has 0 saturated carbocycles. The van der Waals surface area contributed by atoms with Gasteiger partial charge < -0.3 is 10.6 Å². The van der Waals surface area contributed by atoms with E-state index in [4.69, 9.17) is 0 Å². The summed E-state index contributed by atoms with van der Waals surface area (Å²) in [6.07, 6.45) is 0.542. The van der Waals surface area contributed by atoms with E-state index in [-0.39, 0.29) is 24.4 Å². The maximum atomic E-state index is 12.3. The monoisotopic (exact) mass is 397 g/mol. The van der Waals surface area contributed by atoms with Gasteiger partial charge in [0.2, 0.25) is 5.91 Å². The van der Waals surface area contributed by atoms with Gasteiger partial charge in [-0.2, -0.15) is 11.8 Å². The van der Waals surface area contributed by atoms with Crippen molar-refractivity contribution in [1.29, 1.82) is 0 Å². The molecule has 1 aliphatic heterocycles. The van der Waals surface area contributed by atoms with E-state index in [2.05, 4.69) is 27.8 Å². The van der Waals surface area contributed by atoms with Gasteiger partial charge in [-0.1, -0.05) is 30.3 Å². The number of nitrogens with zero attached hydrogens (tertiary/aromatic N) is 1. The van der Waals surface area contributed by atoms with Crippen LogP contribution in [0.15, 0.2) is 30.3 Å². The van der Waals surface area contributed by atoms with E-state index in [9.17, 15) is 4.79 Å². The number of aryl methyl sites for hydroxylation is 1. The molecule has 1 aliphatic rings. The van der Waals surface area contributed by atoms with Gasteiger partial charge in [0.15, 0.2) is 0 Å². The first kappa shape index (κ1) is 20.2. The summed E-state index contributed by atoms with van der Waals surface area (Å²) in [5.41, 5.74) is 2.12. The third-order valence-corrected chi connectivity index (χ3v) is 6.57. The predicted molar refractivity (Wildman–Crippen MR) is 110 cm³/mol. The van der Waals surface area contributed by atoms with Crippen LogP contribution in [-0.4, -0.2) is 35.0 Å². The maximum absolute atomic E-state index is 12.3. The SMILES string of the molecule is Cc1nc(-c2ccccc2)sc1C(C)NC(=O)CC1CSCCN1.Cl. The van der Waals surface area contributed by atoms with Gasteiger partial charge in [-0.15, -0.1) is 23.7 Å². The van der Waals surface area contributed by atoms with Gasteiger partial charge in [0.1, 0.15) is 5.01 Å². The molecular formula is C18H24ClN3OS2. The van der Waals surface area contributed by atoms with Crippen LogP contribution in [0.4, 0.5) is 0 Å². The van der Waals surface area contributed by atoms with Gasteiger partial charge in [0.25, 0.3) is 0 Å². The Kier molecular flexibility index (Phi) is 7.75. The van der Waals surface area contributed by atoms with E-state index in [1.807, 2.05) is 43.8 Å². The number of carbonyl (C=O) groups is 1. The minimum Gasteiger partial charge on any atom is -0.349 e. The molecule has 2 N–H and O–H groups in total. The molecule has 0 spiro atoms. The van der Waals surface area contributed by atoms with E-state index >= 15 is 0 Å². The van der Waals surface area contributed by atoms with E-state index in [1.165, 1.54) is 0 Å². The highest BCUT2D eigenvalue weighted by atomic mass is 35.5. The fraction of sp³-hybridized carbons (Fsp3) is 0.444. The Balaban J connectivity index is 0.00000225. The standard InChI is InChI=1S/C18H23N3OS2.ClH/c1-12(20-16(22)10-15-11-23-9-8-19-15)17-13(2)21-18(24-17)14-6-4-3-5-7-14;/h3-7,12,15,19H,8-11H2,1-2H3,(H,20,22);1H. The summed E-state index contributed by atoms with van der Waals surface area (Å²) in [5, 5.41) is 7.55. The van der Waals surface area contributed by atoms with Gasteiger partial charge >= 0.3 is 0 Å². The van der Waals surface area contributed by atoms with Crippen LogP contribution in [0.3, 0.4) is 0 Å². The highest BCUT2D eigenvalue weighted by Crippen LogP contribution is 2.31. The summed E-state index contributed by atoms with van der Waals surface area (Å²) in [6, 6.07) is 10.5. The first-order chi connectivity index (χ1) is 11.6. The molecule has 0 radical (unpaired) electrons. The lowest BCUT2D eigenvalue weighted by Crippen LogP contribution is -2.41. The number of nitrogens with one attached hydrogen (secondary N) is 2. The lowest BCUT2D eigenvalue weighted by atomic mass is 10.2. The van der Waals surface area contributed by atoms with Crippen molar-refractivity contribution in [2.45, 2.75) is 32.4 Å². The molecule has 2 heterocycles. The second-order valence-corrected chi connectivity index (χ2v) is 8.23. The fourth-order valence-corrected chi connectivity index (χ4v) is 4.88. The normalized spacial score (nSPS) is 18.2. The predicted octanol–water partition coefficient (Wildman–Crippen LogP) is 3.81. The Labute approximate surface area is 163 Å². The van der Waals surface area contributed by atoms with Crippen molar-refractivity contribution in [3.8, 4) is 10.6 Å². The average Bonchev–Trinajstić information content (AvgIpc) is 2.98. The molecule has 25 heavy (non-hydrogen) atoms. The molecule has 2 aromatic rings. The molecule has 1 fully saturated rings. The Morgan fingerprint density at radius 2 is 2.16 bits per heavy atom. The van der Waals surface area contributed by atoms with Crippen molar-refractivity contribution in [2.24, 2.45) is 0 Å². The summed E-state index contributed by atoms with van der Waals surface area (Å²) in [7, 11) is 0. The lowest BCUT2D eigenvalue weighted by Gasteiger charge is -2.23. The smallest absolute Gasteiger partial charge is 0.222 e. The Bertz CT molecular complexity index is 687. The van der Waals surface area contributed by atoms with Gasteiger partial charge in [0, 0.05) is 36.1 Å². The molecule has 1 aromatic carbocycles. The van der Waals surface area contributed by atoms with E-state index in [0.717, 1.165) is 39.2 Å². The number of benzene rings is 1. The number of aromatic nitrogens is 1. The molecule has 1 aromatic heterocycles. The summed E-state index contributed by atoms with van der Waals surface area (Å²) < 4.78 is 0. The highest BCUT2D eigenvalue weighted by molar-refractivity contribution is 7.99. The topological polar surface area (TPSA) is 54.0 Å². The summed E-state index contributed by atoms with van der Waals surface area (Å²) in [5.74, 6) is 2.26. The van der Waals surface area contributed by atoms with Crippen LogP contribution in [0.1, 0.15) is 30.0 Å². The van der Waals surface area contributed by atoms with Crippen LogP contribution < -0.4 is 10.6 Å². The second kappa shape index (κ2) is 9.57. The zero-order valence-corrected chi connectivity index (χ0v) is 16.9. The molecule has 2 atom stereocenters. The molecule has 7 heteroatoms. The van der Waals surface area contributed by atoms with Crippen LogP contribution in [0.5, 0.6) is 0 Å². The zero-order valence-electron chi connectivity index (χ0n) is 14.5. The quantitative estimate of drug-likeness (QED) is 0.805. The highest BCUT2D eigenvalue weighted by Gasteiger charge is 2.20. The van der Waals surface area contributed by atoms with Crippen molar-refractivity contribution >= 4 is 41.4 Å². The number of rotatable bonds is 5. The average molecular weight is 398 g/mol. The molecule has 1 amide bonds. The fourth-order valence-electron chi connectivity index (χ4n) is 2.85. The van der Waals surface area contributed by atoms with Crippen LogP contribution in [0.25, 0.3) is 10.6 Å². The number of hydrogen-bond acceptors (Lipinski definition) is 5. The van der Waals surface area contributed by atoms with Crippen molar-refractivity contribution < 1.29 is 4.79 Å². The van der Waals surface area contributed by atoms with Crippen molar-refractivity contribution in [1.82, 2.24) is 15.6 Å². The van der Waals surface area contributed by atoms with Crippen molar-refractivity contribution in [3.63, 3.8) is 0 Å². The van der Waals surface area contributed by atoms with Gasteiger partial charge in [-0.3, -0.25) is 4.79 Å². The van der Waals surface area contributed by atoms with Crippen LogP contribution >= 0.6 is 35.5 Å². The number of hydrogen-bond donors (Lipinski definition) is 2. The van der Waals surface area contributed by atoms with Crippen molar-refractivity contribution in [2.75, 3.05) is 18.1 Å². The first-order valence-corrected chi connectivity index (χ1v) is 10.2. The summed E-state index contributed by atoms with van der Waals surface area (Å²) >= 11 is 3.58. The third-order valence-electron chi connectivity index (χ3n) is 4.05. The molecule has 4 nitrogen and oxygen atoms in total. The van der Waals surface area contributed by atoms with Crippen molar-refractivity contribution in [3.05, 3.63) is 40.9 Å².